The third-order valence-corrected chi connectivity index (χ3v) is 3.08. The molecule has 6 heteroatoms. The van der Waals surface area contributed by atoms with Crippen LogP contribution in [0.15, 0.2) is 42.5 Å². The third kappa shape index (κ3) is 3.46. The highest BCUT2D eigenvalue weighted by atomic mass is 35.5. The van der Waals surface area contributed by atoms with Gasteiger partial charge in [0.05, 0.1) is 11.5 Å². The summed E-state index contributed by atoms with van der Waals surface area (Å²) in [6.45, 7) is 0.431. The minimum absolute atomic E-state index is 0.00647. The summed E-state index contributed by atoms with van der Waals surface area (Å²) in [4.78, 5) is 10.5. The first-order chi connectivity index (χ1) is 9.60. The highest BCUT2D eigenvalue weighted by Crippen LogP contribution is 2.28. The Labute approximate surface area is 121 Å². The molecule has 104 valence electrons. The van der Waals surface area contributed by atoms with Crippen LogP contribution in [0, 0.1) is 10.1 Å². The highest BCUT2D eigenvalue weighted by molar-refractivity contribution is 6.31. The molecule has 2 rings (SSSR count). The molecule has 0 aliphatic carbocycles. The van der Waals surface area contributed by atoms with Crippen molar-refractivity contribution in [3.8, 4) is 0 Å². The number of benzene rings is 2. The average molecular weight is 293 g/mol. The van der Waals surface area contributed by atoms with Gasteiger partial charge in [0, 0.05) is 17.6 Å². The number of anilines is 1. The molecular weight excluding hydrogens is 280 g/mol. The van der Waals surface area contributed by atoms with Crippen molar-refractivity contribution in [1.82, 2.24) is 0 Å². The van der Waals surface area contributed by atoms with Crippen LogP contribution in [0.5, 0.6) is 0 Å². The Morgan fingerprint density at radius 2 is 1.80 bits per heavy atom. The lowest BCUT2D eigenvalue weighted by Crippen LogP contribution is -2.02. The molecule has 0 saturated heterocycles. The second-order valence-electron chi connectivity index (χ2n) is 4.25. The Hall–Kier alpha value is -2.11. The predicted octanol–water partition coefficient (Wildman–Crippen LogP) is 3.35. The van der Waals surface area contributed by atoms with Crippen molar-refractivity contribution in [2.45, 2.75) is 13.2 Å². The minimum atomic E-state index is -0.451. The Morgan fingerprint density at radius 3 is 2.40 bits per heavy atom. The Bertz CT molecular complexity index is 614. The molecule has 0 radical (unpaired) electrons. The van der Waals surface area contributed by atoms with Crippen molar-refractivity contribution >= 4 is 23.0 Å². The van der Waals surface area contributed by atoms with Crippen LogP contribution >= 0.6 is 11.6 Å². The molecular formula is C14H13ClN2O3. The van der Waals surface area contributed by atoms with E-state index in [1.165, 1.54) is 18.2 Å². The van der Waals surface area contributed by atoms with E-state index in [2.05, 4.69) is 5.32 Å². The Morgan fingerprint density at radius 1 is 1.15 bits per heavy atom. The Balaban J connectivity index is 2.13. The number of nitrogens with one attached hydrogen (secondary N) is 1. The lowest BCUT2D eigenvalue weighted by molar-refractivity contribution is -0.384. The molecule has 5 nitrogen and oxygen atoms in total. The molecule has 0 spiro atoms. The molecule has 0 unspecified atom stereocenters. The van der Waals surface area contributed by atoms with Gasteiger partial charge in [-0.2, -0.15) is 0 Å². The van der Waals surface area contributed by atoms with Crippen molar-refractivity contribution in [3.63, 3.8) is 0 Å². The maximum absolute atomic E-state index is 10.9. The van der Waals surface area contributed by atoms with Crippen LogP contribution in [0.1, 0.15) is 11.1 Å². The van der Waals surface area contributed by atoms with Crippen molar-refractivity contribution in [2.75, 3.05) is 5.32 Å². The normalized spacial score (nSPS) is 10.3. The van der Waals surface area contributed by atoms with Crippen LogP contribution in [-0.2, 0) is 13.2 Å². The van der Waals surface area contributed by atoms with Gasteiger partial charge < -0.3 is 10.4 Å². The molecule has 0 aromatic heterocycles. The van der Waals surface area contributed by atoms with Crippen LogP contribution < -0.4 is 5.32 Å². The quantitative estimate of drug-likeness (QED) is 0.654. The SMILES string of the molecule is O=[N+]([O-])c1ccc(Cl)cc1NCc1ccc(CO)cc1. The van der Waals surface area contributed by atoms with E-state index < -0.39 is 4.92 Å². The van der Waals surface area contributed by atoms with E-state index in [9.17, 15) is 10.1 Å². The van der Waals surface area contributed by atoms with Crippen LogP contribution in [0.2, 0.25) is 5.02 Å². The maximum atomic E-state index is 10.9. The molecule has 0 bridgehead atoms. The van der Waals surface area contributed by atoms with Crippen molar-refractivity contribution in [3.05, 3.63) is 68.7 Å². The Kier molecular flexibility index (Phi) is 4.55. The van der Waals surface area contributed by atoms with Crippen LogP contribution in [0.3, 0.4) is 0 Å². The lowest BCUT2D eigenvalue weighted by atomic mass is 10.1. The van der Waals surface area contributed by atoms with Crippen molar-refractivity contribution in [1.29, 1.82) is 0 Å². The first kappa shape index (κ1) is 14.3. The molecule has 0 aliphatic heterocycles. The molecule has 0 heterocycles. The largest absolute Gasteiger partial charge is 0.392 e. The fourth-order valence-electron chi connectivity index (χ4n) is 1.77. The van der Waals surface area contributed by atoms with Gasteiger partial charge in [-0.3, -0.25) is 10.1 Å². The summed E-state index contributed by atoms with van der Waals surface area (Å²) in [5.74, 6) is 0. The van der Waals surface area contributed by atoms with E-state index in [0.717, 1.165) is 11.1 Å². The second-order valence-corrected chi connectivity index (χ2v) is 4.68. The third-order valence-electron chi connectivity index (χ3n) is 2.84. The monoisotopic (exact) mass is 292 g/mol. The zero-order valence-electron chi connectivity index (χ0n) is 10.5. The predicted molar refractivity (Wildman–Crippen MR) is 77.8 cm³/mol. The van der Waals surface area contributed by atoms with Crippen LogP contribution in [0.4, 0.5) is 11.4 Å². The summed E-state index contributed by atoms with van der Waals surface area (Å²) in [5, 5.41) is 23.3. The molecule has 2 N–H and O–H groups in total. The van der Waals surface area contributed by atoms with E-state index in [4.69, 9.17) is 16.7 Å². The molecule has 0 fully saturated rings. The minimum Gasteiger partial charge on any atom is -0.392 e. The number of nitro benzene ring substituents is 1. The molecule has 0 amide bonds. The van der Waals surface area contributed by atoms with Crippen LogP contribution in [0.25, 0.3) is 0 Å². The van der Waals surface area contributed by atoms with Gasteiger partial charge in [0.25, 0.3) is 5.69 Å². The second kappa shape index (κ2) is 6.36. The van der Waals surface area contributed by atoms with Gasteiger partial charge in [0.1, 0.15) is 5.69 Å². The topological polar surface area (TPSA) is 75.4 Å². The molecule has 0 atom stereocenters. The maximum Gasteiger partial charge on any atom is 0.292 e. The van der Waals surface area contributed by atoms with Crippen LogP contribution in [-0.4, -0.2) is 10.0 Å². The molecule has 2 aromatic carbocycles. The zero-order chi connectivity index (χ0) is 14.5. The molecule has 0 saturated carbocycles. The fraction of sp³-hybridized carbons (Fsp3) is 0.143. The van der Waals surface area contributed by atoms with E-state index in [1.54, 1.807) is 0 Å². The van der Waals surface area contributed by atoms with E-state index in [-0.39, 0.29) is 12.3 Å². The van der Waals surface area contributed by atoms with E-state index in [1.807, 2.05) is 24.3 Å². The molecule has 0 aliphatic rings. The van der Waals surface area contributed by atoms with Gasteiger partial charge in [-0.15, -0.1) is 0 Å². The van der Waals surface area contributed by atoms with Gasteiger partial charge in [0.15, 0.2) is 0 Å². The van der Waals surface area contributed by atoms with Gasteiger partial charge in [-0.1, -0.05) is 35.9 Å². The number of nitro groups is 1. The summed E-state index contributed by atoms with van der Waals surface area (Å²) in [7, 11) is 0. The van der Waals surface area contributed by atoms with Gasteiger partial charge >= 0.3 is 0 Å². The van der Waals surface area contributed by atoms with Gasteiger partial charge in [0.2, 0.25) is 0 Å². The van der Waals surface area contributed by atoms with Gasteiger partial charge in [-0.05, 0) is 23.3 Å². The smallest absolute Gasteiger partial charge is 0.292 e. The fourth-order valence-corrected chi connectivity index (χ4v) is 1.94. The summed E-state index contributed by atoms with van der Waals surface area (Å²) in [6.07, 6.45) is 0. The summed E-state index contributed by atoms with van der Waals surface area (Å²) in [6, 6.07) is 11.7. The number of nitrogens with zero attached hydrogens (tertiary/aromatic N) is 1. The van der Waals surface area contributed by atoms with Crippen molar-refractivity contribution < 1.29 is 10.0 Å². The number of hydrogen-bond acceptors (Lipinski definition) is 4. The lowest BCUT2D eigenvalue weighted by Gasteiger charge is -2.08. The van der Waals surface area contributed by atoms with Crippen molar-refractivity contribution in [2.24, 2.45) is 0 Å². The number of rotatable bonds is 5. The summed E-state index contributed by atoms with van der Waals surface area (Å²) >= 11 is 5.85. The summed E-state index contributed by atoms with van der Waals surface area (Å²) in [5.41, 5.74) is 2.15. The average Bonchev–Trinajstić information content (AvgIpc) is 2.45. The zero-order valence-corrected chi connectivity index (χ0v) is 11.3. The van der Waals surface area contributed by atoms with E-state index in [0.29, 0.717) is 17.3 Å². The number of aliphatic hydroxyl groups is 1. The summed E-state index contributed by atoms with van der Waals surface area (Å²) < 4.78 is 0. The van der Waals surface area contributed by atoms with E-state index >= 15 is 0 Å². The standard InChI is InChI=1S/C14H13ClN2O3/c15-12-5-6-14(17(19)20)13(7-12)16-8-10-1-3-11(9-18)4-2-10/h1-7,16,18H,8-9H2. The highest BCUT2D eigenvalue weighted by Gasteiger charge is 2.13. The number of halogens is 1. The number of hydrogen-bond donors (Lipinski definition) is 2. The first-order valence-corrected chi connectivity index (χ1v) is 6.34. The first-order valence-electron chi connectivity index (χ1n) is 5.96. The molecule has 2 aromatic rings. The van der Waals surface area contributed by atoms with Gasteiger partial charge in [-0.25, -0.2) is 0 Å². The molecule has 20 heavy (non-hydrogen) atoms. The number of aliphatic hydroxyl groups excluding tert-OH is 1.